The van der Waals surface area contributed by atoms with E-state index in [2.05, 4.69) is 43.0 Å². The average Bonchev–Trinajstić information content (AvgIpc) is 2.89. The Morgan fingerprint density at radius 3 is 2.34 bits per heavy atom. The maximum atomic E-state index is 13.8. The summed E-state index contributed by atoms with van der Waals surface area (Å²) in [6, 6.07) is 23.3. The molecule has 1 aliphatic rings. The number of methoxy groups -OCH3 is 1. The molecule has 178 valence electrons. The zero-order chi connectivity index (χ0) is 24.5. The van der Waals surface area contributed by atoms with Crippen molar-refractivity contribution in [3.05, 3.63) is 100 Å². The highest BCUT2D eigenvalue weighted by molar-refractivity contribution is 6.06. The molecule has 4 aromatic rings. The molecule has 0 saturated carbocycles. The van der Waals surface area contributed by atoms with E-state index in [0.717, 1.165) is 6.54 Å². The number of nitrogens with zero attached hydrogens (tertiary/aromatic N) is 3. The Hall–Kier alpha value is -4.06. The zero-order valence-electron chi connectivity index (χ0n) is 20.3. The number of anilines is 1. The molecule has 1 aliphatic heterocycles. The second-order valence-electron chi connectivity index (χ2n) is 9.09. The Morgan fingerprint density at radius 1 is 0.914 bits per heavy atom. The number of hydrogen-bond donors (Lipinski definition) is 0. The quantitative estimate of drug-likeness (QED) is 0.438. The predicted molar refractivity (Wildman–Crippen MR) is 140 cm³/mol. The third kappa shape index (κ3) is 4.28. The minimum absolute atomic E-state index is 0.0563. The Morgan fingerprint density at radius 2 is 1.66 bits per heavy atom. The van der Waals surface area contributed by atoms with Crippen molar-refractivity contribution < 1.29 is 9.53 Å². The maximum absolute atomic E-state index is 13.8. The van der Waals surface area contributed by atoms with Crippen molar-refractivity contribution in [1.82, 2.24) is 9.47 Å². The topological polar surface area (TPSA) is 54.8 Å². The summed E-state index contributed by atoms with van der Waals surface area (Å²) >= 11 is 0. The van der Waals surface area contributed by atoms with Gasteiger partial charge in [0.1, 0.15) is 5.75 Å². The SMILES string of the molecule is COc1ccc(-n2cc(C(=O)N3CCN(c4cccc(C)c4)C(C)C3)c3ccccc3c2=O)cc1. The number of ether oxygens (including phenoxy) is 1. The first-order valence-corrected chi connectivity index (χ1v) is 11.9. The summed E-state index contributed by atoms with van der Waals surface area (Å²) in [6.07, 6.45) is 1.69. The zero-order valence-corrected chi connectivity index (χ0v) is 20.3. The van der Waals surface area contributed by atoms with E-state index in [9.17, 15) is 9.59 Å². The number of hydrogen-bond acceptors (Lipinski definition) is 4. The molecule has 0 aliphatic carbocycles. The summed E-state index contributed by atoms with van der Waals surface area (Å²) in [5.41, 5.74) is 3.48. The van der Waals surface area contributed by atoms with Gasteiger partial charge in [0.05, 0.1) is 12.7 Å². The molecule has 1 saturated heterocycles. The van der Waals surface area contributed by atoms with Gasteiger partial charge in [0.25, 0.3) is 11.5 Å². The number of aromatic nitrogens is 1. The molecule has 35 heavy (non-hydrogen) atoms. The summed E-state index contributed by atoms with van der Waals surface area (Å²) in [4.78, 5) is 31.4. The second-order valence-corrected chi connectivity index (χ2v) is 9.09. The molecule has 1 aromatic heterocycles. The molecule has 1 atom stereocenters. The Labute approximate surface area is 205 Å². The molecule has 5 rings (SSSR count). The fourth-order valence-electron chi connectivity index (χ4n) is 4.90. The Bertz CT molecular complexity index is 1440. The van der Waals surface area contributed by atoms with E-state index in [1.54, 1.807) is 23.9 Å². The van der Waals surface area contributed by atoms with Crippen LogP contribution in [0.3, 0.4) is 0 Å². The van der Waals surface area contributed by atoms with Gasteiger partial charge in [-0.3, -0.25) is 14.2 Å². The highest BCUT2D eigenvalue weighted by atomic mass is 16.5. The van der Waals surface area contributed by atoms with Crippen LogP contribution in [0.2, 0.25) is 0 Å². The van der Waals surface area contributed by atoms with Gasteiger partial charge < -0.3 is 14.5 Å². The lowest BCUT2D eigenvalue weighted by Gasteiger charge is -2.41. The van der Waals surface area contributed by atoms with Crippen molar-refractivity contribution in [3.63, 3.8) is 0 Å². The number of amides is 1. The molecule has 0 spiro atoms. The largest absolute Gasteiger partial charge is 0.497 e. The van der Waals surface area contributed by atoms with E-state index in [-0.39, 0.29) is 17.5 Å². The van der Waals surface area contributed by atoms with Gasteiger partial charge in [-0.1, -0.05) is 30.3 Å². The average molecular weight is 468 g/mol. The van der Waals surface area contributed by atoms with Crippen LogP contribution >= 0.6 is 0 Å². The van der Waals surface area contributed by atoms with Crippen LogP contribution in [0.25, 0.3) is 16.5 Å². The normalized spacial score (nSPS) is 15.9. The summed E-state index contributed by atoms with van der Waals surface area (Å²) in [5, 5.41) is 1.21. The van der Waals surface area contributed by atoms with Crippen LogP contribution in [-0.2, 0) is 0 Å². The van der Waals surface area contributed by atoms with Crippen molar-refractivity contribution >= 4 is 22.4 Å². The summed E-state index contributed by atoms with van der Waals surface area (Å²) in [5.74, 6) is 0.651. The van der Waals surface area contributed by atoms with Gasteiger partial charge in [-0.2, -0.15) is 0 Å². The van der Waals surface area contributed by atoms with Crippen LogP contribution in [0, 0.1) is 6.92 Å². The first kappa shape index (κ1) is 22.7. The third-order valence-corrected chi connectivity index (χ3v) is 6.75. The number of carbonyl (C=O) groups excluding carboxylic acids is 1. The monoisotopic (exact) mass is 467 g/mol. The van der Waals surface area contributed by atoms with Crippen molar-refractivity contribution in [2.24, 2.45) is 0 Å². The summed E-state index contributed by atoms with van der Waals surface area (Å²) < 4.78 is 6.81. The first-order valence-electron chi connectivity index (χ1n) is 11.9. The molecule has 6 heteroatoms. The summed E-state index contributed by atoms with van der Waals surface area (Å²) in [7, 11) is 1.60. The molecule has 1 amide bonds. The molecule has 0 N–H and O–H groups in total. The molecule has 1 fully saturated rings. The molecular weight excluding hydrogens is 438 g/mol. The maximum Gasteiger partial charge on any atom is 0.262 e. The molecule has 0 radical (unpaired) electrons. The first-order chi connectivity index (χ1) is 17.0. The number of benzene rings is 3. The lowest BCUT2D eigenvalue weighted by atomic mass is 10.0. The van der Waals surface area contributed by atoms with Crippen LogP contribution in [0.4, 0.5) is 5.69 Å². The second kappa shape index (κ2) is 9.29. The molecular formula is C29H29N3O3. The minimum Gasteiger partial charge on any atom is -0.497 e. The number of carbonyl (C=O) groups is 1. The van der Waals surface area contributed by atoms with Crippen molar-refractivity contribution in [3.8, 4) is 11.4 Å². The Kier molecular flexibility index (Phi) is 6.03. The fraction of sp³-hybridized carbons (Fsp3) is 0.241. The number of rotatable bonds is 4. The van der Waals surface area contributed by atoms with E-state index in [0.29, 0.717) is 40.9 Å². The number of piperazine rings is 1. The van der Waals surface area contributed by atoms with Gasteiger partial charge in [-0.05, 0) is 61.9 Å². The van der Waals surface area contributed by atoms with Crippen LogP contribution in [-0.4, -0.2) is 48.2 Å². The van der Waals surface area contributed by atoms with E-state index < -0.39 is 0 Å². The minimum atomic E-state index is -0.153. The van der Waals surface area contributed by atoms with Crippen molar-refractivity contribution in [2.45, 2.75) is 19.9 Å². The third-order valence-electron chi connectivity index (χ3n) is 6.75. The number of pyridine rings is 1. The number of aryl methyl sites for hydroxylation is 1. The highest BCUT2D eigenvalue weighted by Gasteiger charge is 2.29. The lowest BCUT2D eigenvalue weighted by Crippen LogP contribution is -2.54. The smallest absolute Gasteiger partial charge is 0.262 e. The predicted octanol–water partition coefficient (Wildman–Crippen LogP) is 4.66. The lowest BCUT2D eigenvalue weighted by molar-refractivity contribution is 0.0727. The van der Waals surface area contributed by atoms with E-state index in [1.807, 2.05) is 47.4 Å². The Balaban J connectivity index is 1.50. The summed E-state index contributed by atoms with van der Waals surface area (Å²) in [6.45, 7) is 6.23. The van der Waals surface area contributed by atoms with Gasteiger partial charge in [0, 0.05) is 54.0 Å². The van der Waals surface area contributed by atoms with Gasteiger partial charge in [-0.25, -0.2) is 0 Å². The number of fused-ring (bicyclic) bond motifs is 1. The van der Waals surface area contributed by atoms with Crippen LogP contribution < -0.4 is 15.2 Å². The van der Waals surface area contributed by atoms with Crippen LogP contribution in [0.1, 0.15) is 22.8 Å². The molecule has 1 unspecified atom stereocenters. The van der Waals surface area contributed by atoms with Crippen molar-refractivity contribution in [1.29, 1.82) is 0 Å². The fourth-order valence-corrected chi connectivity index (χ4v) is 4.90. The molecule has 2 heterocycles. The van der Waals surface area contributed by atoms with Gasteiger partial charge in [0.15, 0.2) is 0 Å². The van der Waals surface area contributed by atoms with Gasteiger partial charge in [-0.15, -0.1) is 0 Å². The van der Waals surface area contributed by atoms with E-state index >= 15 is 0 Å². The van der Waals surface area contributed by atoms with E-state index in [1.165, 1.54) is 11.3 Å². The van der Waals surface area contributed by atoms with E-state index in [4.69, 9.17) is 4.74 Å². The van der Waals surface area contributed by atoms with Gasteiger partial charge >= 0.3 is 0 Å². The van der Waals surface area contributed by atoms with Gasteiger partial charge in [0.2, 0.25) is 0 Å². The standard InChI is InChI=1S/C29H29N3O3/c1-20-7-6-8-23(17-20)31-16-15-30(18-21(31)2)28(33)27-19-32(22-11-13-24(35-3)14-12-22)29(34)26-10-5-4-9-25(26)27/h4-14,17,19,21H,15-16,18H2,1-3H3. The van der Waals surface area contributed by atoms with Crippen LogP contribution in [0.15, 0.2) is 83.8 Å². The molecule has 0 bridgehead atoms. The molecule has 3 aromatic carbocycles. The van der Waals surface area contributed by atoms with Crippen LogP contribution in [0.5, 0.6) is 5.75 Å². The van der Waals surface area contributed by atoms with Crippen molar-refractivity contribution in [2.75, 3.05) is 31.6 Å². The highest BCUT2D eigenvalue weighted by Crippen LogP contribution is 2.25. The molecule has 6 nitrogen and oxygen atoms in total.